The van der Waals surface area contributed by atoms with Crippen molar-refractivity contribution in [2.45, 2.75) is 33.2 Å². The van der Waals surface area contributed by atoms with Gasteiger partial charge in [-0.1, -0.05) is 11.6 Å². The van der Waals surface area contributed by atoms with Crippen LogP contribution in [0.15, 0.2) is 18.2 Å². The summed E-state index contributed by atoms with van der Waals surface area (Å²) in [4.78, 5) is 14.4. The van der Waals surface area contributed by atoms with Crippen LogP contribution in [0, 0.1) is 5.41 Å². The molecule has 3 N–H and O–H groups in total. The van der Waals surface area contributed by atoms with Crippen LogP contribution in [-0.4, -0.2) is 25.5 Å². The maximum atomic E-state index is 12.5. The van der Waals surface area contributed by atoms with Gasteiger partial charge in [0.1, 0.15) is 0 Å². The van der Waals surface area contributed by atoms with E-state index in [0.29, 0.717) is 10.7 Å². The molecule has 0 atom stereocenters. The molecule has 0 saturated heterocycles. The van der Waals surface area contributed by atoms with Crippen molar-refractivity contribution in [2.75, 3.05) is 24.3 Å². The average molecular weight is 298 g/mol. The van der Waals surface area contributed by atoms with Gasteiger partial charge in [0.15, 0.2) is 0 Å². The first-order valence-corrected chi connectivity index (χ1v) is 6.92. The molecule has 5 heteroatoms. The fourth-order valence-electron chi connectivity index (χ4n) is 1.57. The molecule has 0 bridgehead atoms. The van der Waals surface area contributed by atoms with Gasteiger partial charge in [-0.3, -0.25) is 4.79 Å². The molecule has 0 aliphatic carbocycles. The Bertz CT molecular complexity index is 504. The predicted octanol–water partition coefficient (Wildman–Crippen LogP) is 3.11. The number of halogens is 1. The molecule has 20 heavy (non-hydrogen) atoms. The topological polar surface area (TPSA) is 58.4 Å². The van der Waals surface area contributed by atoms with Gasteiger partial charge in [-0.2, -0.15) is 0 Å². The molecule has 4 nitrogen and oxygen atoms in total. The van der Waals surface area contributed by atoms with Gasteiger partial charge in [-0.05, 0) is 45.9 Å². The van der Waals surface area contributed by atoms with Crippen molar-refractivity contribution in [3.05, 3.63) is 23.2 Å². The highest BCUT2D eigenvalue weighted by molar-refractivity contribution is 6.31. The molecule has 1 amide bonds. The highest BCUT2D eigenvalue weighted by Crippen LogP contribution is 2.33. The smallest absolute Gasteiger partial charge is 0.231 e. The van der Waals surface area contributed by atoms with Crippen molar-refractivity contribution in [1.82, 2.24) is 0 Å². The van der Waals surface area contributed by atoms with E-state index in [-0.39, 0.29) is 5.91 Å². The Morgan fingerprint density at radius 3 is 2.25 bits per heavy atom. The fourth-order valence-corrected chi connectivity index (χ4v) is 1.74. The number of rotatable bonds is 4. The average Bonchev–Trinajstić information content (AvgIpc) is 2.26. The number of amides is 1. The first-order valence-electron chi connectivity index (χ1n) is 6.54. The molecule has 1 aromatic carbocycles. The zero-order valence-corrected chi connectivity index (χ0v) is 13.8. The molecule has 0 fully saturated rings. The molecular weight excluding hydrogens is 274 g/mol. The number of carbonyl (C=O) groups is 1. The largest absolute Gasteiger partial charge is 0.376 e. The van der Waals surface area contributed by atoms with Gasteiger partial charge in [0, 0.05) is 24.7 Å². The minimum atomic E-state index is -0.709. The maximum absolute atomic E-state index is 12.5. The van der Waals surface area contributed by atoms with Crippen LogP contribution in [0.5, 0.6) is 0 Å². The Labute approximate surface area is 126 Å². The molecule has 112 valence electrons. The highest BCUT2D eigenvalue weighted by atomic mass is 35.5. The molecule has 1 rings (SSSR count). The Kier molecular flexibility index (Phi) is 4.72. The number of nitrogens with two attached hydrogens (primary N) is 1. The number of nitrogens with one attached hydrogen (secondary N) is 1. The molecule has 0 heterocycles. The predicted molar refractivity (Wildman–Crippen MR) is 86.5 cm³/mol. The van der Waals surface area contributed by atoms with Crippen molar-refractivity contribution in [2.24, 2.45) is 11.1 Å². The second kappa shape index (κ2) is 5.62. The number of carbonyl (C=O) groups excluding carboxylic acids is 1. The number of hydrogen-bond acceptors (Lipinski definition) is 3. The van der Waals surface area contributed by atoms with Gasteiger partial charge in [0.05, 0.1) is 16.8 Å². The van der Waals surface area contributed by atoms with Crippen molar-refractivity contribution in [3.63, 3.8) is 0 Å². The van der Waals surface area contributed by atoms with E-state index < -0.39 is 11.0 Å². The van der Waals surface area contributed by atoms with Crippen LogP contribution in [0.1, 0.15) is 27.7 Å². The zero-order valence-electron chi connectivity index (χ0n) is 13.0. The molecule has 1 aromatic rings. The summed E-state index contributed by atoms with van der Waals surface area (Å²) in [7, 11) is 3.83. The summed E-state index contributed by atoms with van der Waals surface area (Å²) in [5.41, 5.74) is 6.34. The van der Waals surface area contributed by atoms with Crippen LogP contribution >= 0.6 is 11.6 Å². The van der Waals surface area contributed by atoms with E-state index in [1.165, 1.54) is 0 Å². The van der Waals surface area contributed by atoms with E-state index >= 15 is 0 Å². The van der Waals surface area contributed by atoms with Crippen LogP contribution in [0.4, 0.5) is 11.4 Å². The maximum Gasteiger partial charge on any atom is 0.231 e. The van der Waals surface area contributed by atoms with Gasteiger partial charge in [0.25, 0.3) is 0 Å². The Morgan fingerprint density at radius 2 is 1.80 bits per heavy atom. The quantitative estimate of drug-likeness (QED) is 0.898. The number of benzene rings is 1. The molecule has 0 saturated carbocycles. The molecule has 0 spiro atoms. The third kappa shape index (κ3) is 3.44. The molecule has 0 aliphatic heterocycles. The van der Waals surface area contributed by atoms with E-state index in [4.69, 9.17) is 17.3 Å². The SMILES string of the molecule is CN(C)c1ccc(Cl)cc1NC(=O)C(C)(C)C(C)(C)N. The third-order valence-corrected chi connectivity index (χ3v) is 4.10. The van der Waals surface area contributed by atoms with E-state index in [2.05, 4.69) is 5.32 Å². The minimum Gasteiger partial charge on any atom is -0.376 e. The first-order chi connectivity index (χ1) is 8.96. The summed E-state index contributed by atoms with van der Waals surface area (Å²) in [6.07, 6.45) is 0. The van der Waals surface area contributed by atoms with Gasteiger partial charge >= 0.3 is 0 Å². The molecule has 0 radical (unpaired) electrons. The summed E-state index contributed by atoms with van der Waals surface area (Å²) in [5, 5.41) is 3.51. The lowest BCUT2D eigenvalue weighted by Crippen LogP contribution is -2.53. The number of anilines is 2. The van der Waals surface area contributed by atoms with Gasteiger partial charge < -0.3 is 16.0 Å². The van der Waals surface area contributed by atoms with Gasteiger partial charge in [0.2, 0.25) is 5.91 Å². The summed E-state index contributed by atoms with van der Waals surface area (Å²) < 4.78 is 0. The second-order valence-electron chi connectivity index (χ2n) is 6.36. The van der Waals surface area contributed by atoms with E-state index in [1.807, 2.05) is 52.8 Å². The third-order valence-electron chi connectivity index (χ3n) is 3.87. The molecule has 0 unspecified atom stereocenters. The lowest BCUT2D eigenvalue weighted by Gasteiger charge is -2.37. The first kappa shape index (κ1) is 16.8. The van der Waals surface area contributed by atoms with Crippen LogP contribution in [-0.2, 0) is 4.79 Å². The monoisotopic (exact) mass is 297 g/mol. The number of nitrogens with zero attached hydrogens (tertiary/aromatic N) is 1. The Morgan fingerprint density at radius 1 is 1.25 bits per heavy atom. The van der Waals surface area contributed by atoms with Gasteiger partial charge in [-0.15, -0.1) is 0 Å². The molecule has 0 aliphatic rings. The van der Waals surface area contributed by atoms with Crippen LogP contribution in [0.25, 0.3) is 0 Å². The van der Waals surface area contributed by atoms with E-state index in [9.17, 15) is 4.79 Å². The lowest BCUT2D eigenvalue weighted by atomic mass is 9.74. The Hall–Kier alpha value is -1.26. The summed E-state index contributed by atoms with van der Waals surface area (Å²) in [5.74, 6) is -0.129. The van der Waals surface area contributed by atoms with E-state index in [1.54, 1.807) is 12.1 Å². The van der Waals surface area contributed by atoms with Crippen molar-refractivity contribution in [1.29, 1.82) is 0 Å². The summed E-state index contributed by atoms with van der Waals surface area (Å²) >= 11 is 6.01. The highest BCUT2D eigenvalue weighted by Gasteiger charge is 2.40. The normalized spacial score (nSPS) is 12.2. The molecule has 0 aromatic heterocycles. The number of hydrogen-bond donors (Lipinski definition) is 2. The zero-order chi connectivity index (χ0) is 15.7. The van der Waals surface area contributed by atoms with Crippen LogP contribution < -0.4 is 16.0 Å². The summed E-state index contributed by atoms with van der Waals surface area (Å²) in [6, 6.07) is 5.41. The van der Waals surface area contributed by atoms with Gasteiger partial charge in [-0.25, -0.2) is 0 Å². The fraction of sp³-hybridized carbons (Fsp3) is 0.533. The van der Waals surface area contributed by atoms with Crippen LogP contribution in [0.3, 0.4) is 0 Å². The summed E-state index contributed by atoms with van der Waals surface area (Å²) in [6.45, 7) is 7.36. The van der Waals surface area contributed by atoms with E-state index in [0.717, 1.165) is 5.69 Å². The van der Waals surface area contributed by atoms with Crippen molar-refractivity contribution in [3.8, 4) is 0 Å². The molecular formula is C15H24ClN3O. The minimum absolute atomic E-state index is 0.129. The Balaban J connectivity index is 3.11. The lowest BCUT2D eigenvalue weighted by molar-refractivity contribution is -0.126. The van der Waals surface area contributed by atoms with Crippen LogP contribution in [0.2, 0.25) is 5.02 Å². The standard InChI is InChI=1S/C15H24ClN3O/c1-14(2,15(3,4)17)13(20)18-11-9-10(16)7-8-12(11)19(5)6/h7-9H,17H2,1-6H3,(H,18,20). The van der Waals surface area contributed by atoms with Crippen molar-refractivity contribution < 1.29 is 4.79 Å². The second-order valence-corrected chi connectivity index (χ2v) is 6.79. The van der Waals surface area contributed by atoms with Crippen molar-refractivity contribution >= 4 is 28.9 Å².